The molecule has 0 aromatic carbocycles. The van der Waals surface area contributed by atoms with Crippen molar-refractivity contribution in [2.24, 2.45) is 5.73 Å². The number of nitrogens with two attached hydrogens (primary N) is 1. The zero-order valence-corrected chi connectivity index (χ0v) is 24.0. The molecule has 0 heterocycles. The number of nitrogens with zero attached hydrogens (tertiary/aromatic N) is 2. The highest BCUT2D eigenvalue weighted by Gasteiger charge is 2.22. The number of nitrogens with one attached hydrogen (secondary N) is 2. The van der Waals surface area contributed by atoms with Gasteiger partial charge in [-0.1, -0.05) is 0 Å². The molecule has 0 aromatic heterocycles. The average molecular weight is 518 g/mol. The summed E-state index contributed by atoms with van der Waals surface area (Å²) in [5, 5.41) is 5.95. The Morgan fingerprint density at radius 3 is 1.44 bits per heavy atom. The minimum atomic E-state index is -0.602. The lowest BCUT2D eigenvalue weighted by molar-refractivity contribution is -0.158. The van der Waals surface area contributed by atoms with Gasteiger partial charge in [0.05, 0.1) is 13.1 Å². The van der Waals surface area contributed by atoms with Gasteiger partial charge >= 0.3 is 18.0 Å². The van der Waals surface area contributed by atoms with Crippen LogP contribution < -0.4 is 16.4 Å². The summed E-state index contributed by atoms with van der Waals surface area (Å²) in [6.07, 6.45) is -0.516. The highest BCUT2D eigenvalue weighted by atomic mass is 16.6. The van der Waals surface area contributed by atoms with Crippen molar-refractivity contribution in [3.8, 4) is 0 Å². The Morgan fingerprint density at radius 2 is 1.06 bits per heavy atom. The predicted octanol–water partition coefficient (Wildman–Crippen LogP) is 1.35. The standard InChI is InChI=1S/C25H51N5O6/c1-23(2,3)34-20(31)18-29(14-12-27-11-10-26)16-17-30(19-21(32)35-24(4,5)6)15-13-28-22(33)36-25(7,8)9/h27H,10-19,26H2,1-9H3,(H,28,33). The first-order chi connectivity index (χ1) is 16.4. The molecular formula is C25H51N5O6. The van der Waals surface area contributed by atoms with E-state index in [1.807, 2.05) is 51.3 Å². The number of alkyl carbamates (subject to hydrolysis) is 1. The van der Waals surface area contributed by atoms with Crippen molar-refractivity contribution in [1.29, 1.82) is 0 Å². The monoisotopic (exact) mass is 517 g/mol. The van der Waals surface area contributed by atoms with Crippen LogP contribution in [0.15, 0.2) is 0 Å². The Hall–Kier alpha value is -1.95. The second-order valence-corrected chi connectivity index (χ2v) is 11.7. The van der Waals surface area contributed by atoms with E-state index in [2.05, 4.69) is 10.6 Å². The van der Waals surface area contributed by atoms with Gasteiger partial charge in [0.1, 0.15) is 16.8 Å². The molecule has 0 spiro atoms. The van der Waals surface area contributed by atoms with Crippen LogP contribution in [0.5, 0.6) is 0 Å². The molecule has 1 amide bonds. The van der Waals surface area contributed by atoms with Crippen molar-refractivity contribution in [2.75, 3.05) is 65.4 Å². The molecule has 0 saturated carbocycles. The lowest BCUT2D eigenvalue weighted by Crippen LogP contribution is -2.46. The number of carbonyl (C=O) groups excluding carboxylic acids is 3. The highest BCUT2D eigenvalue weighted by Crippen LogP contribution is 2.09. The quantitative estimate of drug-likeness (QED) is 0.166. The molecule has 0 rings (SSSR count). The topological polar surface area (TPSA) is 135 Å². The van der Waals surface area contributed by atoms with Crippen LogP contribution in [0.1, 0.15) is 62.3 Å². The number of carbonyl (C=O) groups is 3. The summed E-state index contributed by atoms with van der Waals surface area (Å²) in [7, 11) is 0. The molecule has 0 unspecified atom stereocenters. The van der Waals surface area contributed by atoms with E-state index in [0.29, 0.717) is 52.4 Å². The smallest absolute Gasteiger partial charge is 0.407 e. The molecule has 0 aliphatic heterocycles. The van der Waals surface area contributed by atoms with Gasteiger partial charge < -0.3 is 30.6 Å². The van der Waals surface area contributed by atoms with Crippen molar-refractivity contribution in [3.63, 3.8) is 0 Å². The molecule has 4 N–H and O–H groups in total. The number of hydrogen-bond acceptors (Lipinski definition) is 10. The van der Waals surface area contributed by atoms with E-state index >= 15 is 0 Å². The Bertz CT molecular complexity index is 667. The molecule has 0 atom stereocenters. The fourth-order valence-electron chi connectivity index (χ4n) is 3.03. The Labute approximate surface area is 217 Å². The van der Waals surface area contributed by atoms with Crippen LogP contribution in [0.3, 0.4) is 0 Å². The van der Waals surface area contributed by atoms with Crippen LogP contribution in [0.25, 0.3) is 0 Å². The van der Waals surface area contributed by atoms with Crippen LogP contribution in [0.4, 0.5) is 4.79 Å². The molecule has 36 heavy (non-hydrogen) atoms. The van der Waals surface area contributed by atoms with Gasteiger partial charge in [-0.3, -0.25) is 19.4 Å². The number of rotatable bonds is 15. The van der Waals surface area contributed by atoms with E-state index < -0.39 is 22.9 Å². The van der Waals surface area contributed by atoms with Crippen LogP contribution in [-0.4, -0.2) is 110 Å². The lowest BCUT2D eigenvalue weighted by atomic mass is 10.2. The van der Waals surface area contributed by atoms with E-state index in [-0.39, 0.29) is 25.0 Å². The number of esters is 2. The summed E-state index contributed by atoms with van der Waals surface area (Å²) in [4.78, 5) is 40.8. The first kappa shape index (κ1) is 34.0. The molecular weight excluding hydrogens is 466 g/mol. The van der Waals surface area contributed by atoms with Gasteiger partial charge in [-0.15, -0.1) is 0 Å². The molecule has 0 fully saturated rings. The maximum atomic E-state index is 12.5. The zero-order valence-electron chi connectivity index (χ0n) is 24.0. The van der Waals surface area contributed by atoms with Crippen LogP contribution in [0.2, 0.25) is 0 Å². The maximum absolute atomic E-state index is 12.5. The summed E-state index contributed by atoms with van der Waals surface area (Å²) in [5.74, 6) is -0.672. The molecule has 0 saturated heterocycles. The molecule has 0 aromatic rings. The van der Waals surface area contributed by atoms with Crippen molar-refractivity contribution >= 4 is 18.0 Å². The third kappa shape index (κ3) is 21.3. The van der Waals surface area contributed by atoms with Crippen LogP contribution in [-0.2, 0) is 23.8 Å². The molecule has 0 radical (unpaired) electrons. The third-order valence-corrected chi connectivity index (χ3v) is 4.30. The SMILES string of the molecule is CC(C)(C)OC(=O)CN(CCNCCN)CCN(CCNC(=O)OC(C)(C)C)CC(=O)OC(C)(C)C. The highest BCUT2D eigenvalue weighted by molar-refractivity contribution is 5.72. The maximum Gasteiger partial charge on any atom is 0.407 e. The fraction of sp³-hybridized carbons (Fsp3) is 0.880. The second-order valence-electron chi connectivity index (χ2n) is 11.7. The van der Waals surface area contributed by atoms with E-state index in [1.165, 1.54) is 0 Å². The van der Waals surface area contributed by atoms with E-state index in [0.717, 1.165) is 0 Å². The van der Waals surface area contributed by atoms with Gasteiger partial charge in [0, 0.05) is 52.4 Å². The Morgan fingerprint density at radius 1 is 0.639 bits per heavy atom. The summed E-state index contributed by atoms with van der Waals surface area (Å²) < 4.78 is 16.2. The summed E-state index contributed by atoms with van der Waals surface area (Å²) >= 11 is 0. The lowest BCUT2D eigenvalue weighted by Gasteiger charge is -2.29. The summed E-state index contributed by atoms with van der Waals surface area (Å²) in [5.41, 5.74) is 3.77. The van der Waals surface area contributed by atoms with Crippen molar-refractivity contribution in [1.82, 2.24) is 20.4 Å². The van der Waals surface area contributed by atoms with Gasteiger partial charge in [0.15, 0.2) is 0 Å². The fourth-order valence-corrected chi connectivity index (χ4v) is 3.03. The second kappa shape index (κ2) is 16.0. The average Bonchev–Trinajstić information content (AvgIpc) is 2.64. The minimum Gasteiger partial charge on any atom is -0.459 e. The predicted molar refractivity (Wildman–Crippen MR) is 141 cm³/mol. The van der Waals surface area contributed by atoms with Gasteiger partial charge in [-0.25, -0.2) is 4.79 Å². The first-order valence-electron chi connectivity index (χ1n) is 12.7. The van der Waals surface area contributed by atoms with Gasteiger partial charge in [-0.2, -0.15) is 0 Å². The van der Waals surface area contributed by atoms with Gasteiger partial charge in [0.2, 0.25) is 0 Å². The number of amides is 1. The third-order valence-electron chi connectivity index (χ3n) is 4.30. The molecule has 212 valence electrons. The zero-order chi connectivity index (χ0) is 28.0. The summed E-state index contributed by atoms with van der Waals surface area (Å²) in [6, 6.07) is 0. The van der Waals surface area contributed by atoms with E-state index in [4.69, 9.17) is 19.9 Å². The molecule has 11 heteroatoms. The largest absolute Gasteiger partial charge is 0.459 e. The van der Waals surface area contributed by atoms with Crippen molar-refractivity contribution < 1.29 is 28.6 Å². The van der Waals surface area contributed by atoms with Gasteiger partial charge in [-0.05, 0) is 62.3 Å². The van der Waals surface area contributed by atoms with Crippen molar-refractivity contribution in [3.05, 3.63) is 0 Å². The normalized spacial score (nSPS) is 12.6. The Kier molecular flexibility index (Phi) is 15.1. The number of hydrogen-bond donors (Lipinski definition) is 3. The first-order valence-corrected chi connectivity index (χ1v) is 12.7. The minimum absolute atomic E-state index is 0.0545. The van der Waals surface area contributed by atoms with Crippen molar-refractivity contribution in [2.45, 2.75) is 79.1 Å². The summed E-state index contributed by atoms with van der Waals surface area (Å²) in [6.45, 7) is 20.7. The van der Waals surface area contributed by atoms with Crippen LogP contribution in [0, 0.1) is 0 Å². The van der Waals surface area contributed by atoms with E-state index in [9.17, 15) is 14.4 Å². The Balaban J connectivity index is 5.16. The number of ether oxygens (including phenoxy) is 3. The molecule has 0 aliphatic rings. The van der Waals surface area contributed by atoms with Crippen LogP contribution >= 0.6 is 0 Å². The van der Waals surface area contributed by atoms with E-state index in [1.54, 1.807) is 20.8 Å². The molecule has 0 bridgehead atoms. The molecule has 0 aliphatic carbocycles. The van der Waals surface area contributed by atoms with Gasteiger partial charge in [0.25, 0.3) is 0 Å². The molecule has 11 nitrogen and oxygen atoms in total.